The zero-order valence-electron chi connectivity index (χ0n) is 14.5. The first kappa shape index (κ1) is 16.7. The Morgan fingerprint density at radius 2 is 1.93 bits per heavy atom. The van der Waals surface area contributed by atoms with Crippen LogP contribution in [0.25, 0.3) is 0 Å². The van der Waals surface area contributed by atoms with Crippen molar-refractivity contribution in [2.45, 2.75) is 12.3 Å². The summed E-state index contributed by atoms with van der Waals surface area (Å²) >= 11 is 3.39. The highest BCUT2D eigenvalue weighted by Gasteiger charge is 2.48. The second-order valence-electron chi connectivity index (χ2n) is 7.06. The number of aromatic hydroxyl groups is 1. The lowest BCUT2D eigenvalue weighted by Crippen LogP contribution is -2.31. The van der Waals surface area contributed by atoms with Crippen molar-refractivity contribution >= 4 is 21.9 Å². The van der Waals surface area contributed by atoms with Crippen molar-refractivity contribution in [3.63, 3.8) is 0 Å². The average Bonchev–Trinajstić information content (AvgIpc) is 3.26. The summed E-state index contributed by atoms with van der Waals surface area (Å²) in [5.41, 5.74) is 3.04. The maximum absolute atomic E-state index is 12.6. The first-order valence-corrected chi connectivity index (χ1v) is 9.51. The minimum absolute atomic E-state index is 0.0357. The standard InChI is InChI=1S/C20H17BrO6/c1-24-16-5-10(3-13(21)19(16)22)17-12-6-15-14(26-8-27-15)4-9(12)2-11-7-25-20(23)18(11)17/h3-6,11,17-18,22H,2,7-8H2,1H3/t11?,17-,18+/m1/s1. The summed E-state index contributed by atoms with van der Waals surface area (Å²) < 4.78 is 22.3. The quantitative estimate of drug-likeness (QED) is 0.733. The van der Waals surface area contributed by atoms with Crippen LogP contribution in [0.5, 0.6) is 23.0 Å². The Hall–Kier alpha value is -2.41. The molecule has 3 atom stereocenters. The van der Waals surface area contributed by atoms with E-state index >= 15 is 0 Å². The van der Waals surface area contributed by atoms with Crippen LogP contribution in [-0.2, 0) is 16.0 Å². The van der Waals surface area contributed by atoms with Gasteiger partial charge in [-0.3, -0.25) is 4.79 Å². The molecule has 3 aliphatic rings. The highest BCUT2D eigenvalue weighted by molar-refractivity contribution is 9.10. The van der Waals surface area contributed by atoms with E-state index in [-0.39, 0.29) is 36.3 Å². The van der Waals surface area contributed by atoms with E-state index in [1.54, 1.807) is 6.07 Å². The normalized spacial score (nSPS) is 25.0. The van der Waals surface area contributed by atoms with E-state index < -0.39 is 0 Å². The molecule has 6 nitrogen and oxygen atoms in total. The molecule has 0 amide bonds. The zero-order valence-corrected chi connectivity index (χ0v) is 16.1. The van der Waals surface area contributed by atoms with Gasteiger partial charge >= 0.3 is 5.97 Å². The molecule has 27 heavy (non-hydrogen) atoms. The Bertz CT molecular complexity index is 956. The van der Waals surface area contributed by atoms with Gasteiger partial charge in [-0.25, -0.2) is 0 Å². The van der Waals surface area contributed by atoms with Gasteiger partial charge in [0.2, 0.25) is 6.79 Å². The number of benzene rings is 2. The minimum atomic E-state index is -0.279. The number of phenolic OH excluding ortho intramolecular Hbond substituents is 1. The monoisotopic (exact) mass is 432 g/mol. The molecule has 140 valence electrons. The van der Waals surface area contributed by atoms with Crippen LogP contribution in [-0.4, -0.2) is 31.6 Å². The molecule has 2 heterocycles. The molecule has 0 aromatic heterocycles. The molecule has 2 aromatic rings. The van der Waals surface area contributed by atoms with E-state index in [1.807, 2.05) is 18.2 Å². The van der Waals surface area contributed by atoms with Crippen LogP contribution in [0.4, 0.5) is 0 Å². The lowest BCUT2D eigenvalue weighted by Gasteiger charge is -2.33. The van der Waals surface area contributed by atoms with E-state index in [9.17, 15) is 9.90 Å². The fourth-order valence-corrected chi connectivity index (χ4v) is 4.89. The number of hydrogen-bond donors (Lipinski definition) is 1. The number of carbonyl (C=O) groups excluding carboxylic acids is 1. The van der Waals surface area contributed by atoms with Crippen LogP contribution in [0.3, 0.4) is 0 Å². The molecule has 0 bridgehead atoms. The van der Waals surface area contributed by atoms with Crippen LogP contribution >= 0.6 is 15.9 Å². The average molecular weight is 433 g/mol. The predicted octanol–water partition coefficient (Wildman–Crippen LogP) is 3.37. The van der Waals surface area contributed by atoms with Gasteiger partial charge in [-0.1, -0.05) is 0 Å². The highest BCUT2D eigenvalue weighted by atomic mass is 79.9. The second-order valence-corrected chi connectivity index (χ2v) is 7.91. The Labute approximate surface area is 164 Å². The summed E-state index contributed by atoms with van der Waals surface area (Å²) in [4.78, 5) is 12.6. The number of esters is 1. The third kappa shape index (κ3) is 2.48. The molecule has 1 N–H and O–H groups in total. The lowest BCUT2D eigenvalue weighted by molar-refractivity contribution is -0.141. The summed E-state index contributed by atoms with van der Waals surface area (Å²) in [5.74, 6) is 1.25. The number of hydrogen-bond acceptors (Lipinski definition) is 6. The highest BCUT2D eigenvalue weighted by Crippen LogP contribution is 2.51. The summed E-state index contributed by atoms with van der Waals surface area (Å²) in [6, 6.07) is 7.60. The van der Waals surface area contributed by atoms with Gasteiger partial charge in [0.1, 0.15) is 0 Å². The molecule has 1 aliphatic carbocycles. The molecule has 1 fully saturated rings. The zero-order chi connectivity index (χ0) is 18.7. The summed E-state index contributed by atoms with van der Waals surface area (Å²) in [7, 11) is 1.50. The van der Waals surface area contributed by atoms with Crippen LogP contribution in [0, 0.1) is 11.8 Å². The van der Waals surface area contributed by atoms with Crippen LogP contribution < -0.4 is 14.2 Å². The Morgan fingerprint density at radius 1 is 1.15 bits per heavy atom. The minimum Gasteiger partial charge on any atom is -0.503 e. The number of cyclic esters (lactones) is 1. The Balaban J connectivity index is 1.72. The van der Waals surface area contributed by atoms with E-state index in [4.69, 9.17) is 18.9 Å². The molecule has 1 saturated heterocycles. The van der Waals surface area contributed by atoms with Crippen molar-refractivity contribution in [2.75, 3.05) is 20.5 Å². The largest absolute Gasteiger partial charge is 0.503 e. The van der Waals surface area contributed by atoms with E-state index in [2.05, 4.69) is 15.9 Å². The van der Waals surface area contributed by atoms with Crippen molar-refractivity contribution < 1.29 is 28.8 Å². The van der Waals surface area contributed by atoms with Crippen molar-refractivity contribution in [2.24, 2.45) is 11.8 Å². The SMILES string of the molecule is COc1cc([C@@H]2c3cc4c(cc3CC3COC(=O)[C@@H]32)OCO4)cc(Br)c1O. The van der Waals surface area contributed by atoms with Crippen LogP contribution in [0.2, 0.25) is 0 Å². The van der Waals surface area contributed by atoms with E-state index in [1.165, 1.54) is 7.11 Å². The predicted molar refractivity (Wildman–Crippen MR) is 98.4 cm³/mol. The molecule has 0 radical (unpaired) electrons. The van der Waals surface area contributed by atoms with Gasteiger partial charge in [0.25, 0.3) is 0 Å². The van der Waals surface area contributed by atoms with E-state index in [0.29, 0.717) is 22.6 Å². The molecule has 5 rings (SSSR count). The molecule has 2 aromatic carbocycles. The van der Waals surface area contributed by atoms with Gasteiger partial charge in [0, 0.05) is 11.8 Å². The molecular formula is C20H17BrO6. The molecular weight excluding hydrogens is 416 g/mol. The van der Waals surface area contributed by atoms with Gasteiger partial charge in [0.15, 0.2) is 23.0 Å². The Morgan fingerprint density at radius 3 is 2.70 bits per heavy atom. The second kappa shape index (κ2) is 6.05. The van der Waals surface area contributed by atoms with Gasteiger partial charge in [-0.2, -0.15) is 0 Å². The van der Waals surface area contributed by atoms with E-state index in [0.717, 1.165) is 28.9 Å². The molecule has 1 unspecified atom stereocenters. The number of ether oxygens (including phenoxy) is 4. The number of fused-ring (bicyclic) bond motifs is 3. The molecule has 7 heteroatoms. The van der Waals surface area contributed by atoms with Crippen LogP contribution in [0.15, 0.2) is 28.7 Å². The fraction of sp³-hybridized carbons (Fsp3) is 0.350. The lowest BCUT2D eigenvalue weighted by atomic mass is 9.67. The van der Waals surface area contributed by atoms with Crippen LogP contribution in [0.1, 0.15) is 22.6 Å². The van der Waals surface area contributed by atoms with Gasteiger partial charge in [0.05, 0.1) is 24.1 Å². The maximum atomic E-state index is 12.6. The first-order valence-electron chi connectivity index (χ1n) is 8.72. The van der Waals surface area contributed by atoms with Crippen molar-refractivity contribution in [1.29, 1.82) is 0 Å². The number of methoxy groups -OCH3 is 1. The number of halogens is 1. The topological polar surface area (TPSA) is 74.2 Å². The van der Waals surface area contributed by atoms with Gasteiger partial charge < -0.3 is 24.1 Å². The van der Waals surface area contributed by atoms with Crippen molar-refractivity contribution in [1.82, 2.24) is 0 Å². The smallest absolute Gasteiger partial charge is 0.310 e. The Kier molecular flexibility index (Phi) is 3.75. The fourth-order valence-electron chi connectivity index (χ4n) is 4.43. The van der Waals surface area contributed by atoms with Gasteiger partial charge in [-0.05, 0) is 63.3 Å². The molecule has 0 saturated carbocycles. The van der Waals surface area contributed by atoms with Gasteiger partial charge in [-0.15, -0.1) is 0 Å². The maximum Gasteiger partial charge on any atom is 0.310 e. The number of rotatable bonds is 2. The first-order chi connectivity index (χ1) is 13.1. The summed E-state index contributed by atoms with van der Waals surface area (Å²) in [6.45, 7) is 0.626. The number of phenols is 1. The third-order valence-electron chi connectivity index (χ3n) is 5.66. The third-order valence-corrected chi connectivity index (χ3v) is 6.26. The van der Waals surface area contributed by atoms with Crippen molar-refractivity contribution in [3.05, 3.63) is 45.4 Å². The van der Waals surface area contributed by atoms with Crippen molar-refractivity contribution in [3.8, 4) is 23.0 Å². The molecule has 2 aliphatic heterocycles. The number of carbonyl (C=O) groups is 1. The molecule has 0 spiro atoms. The summed E-state index contributed by atoms with van der Waals surface area (Å²) in [6.07, 6.45) is 0.759. The summed E-state index contributed by atoms with van der Waals surface area (Å²) in [5, 5.41) is 10.2.